The fraction of sp³-hybridized carbons (Fsp3) is 0.167. The van der Waals surface area contributed by atoms with Crippen LogP contribution in [-0.2, 0) is 0 Å². The van der Waals surface area contributed by atoms with Gasteiger partial charge in [-0.1, -0.05) is 12.1 Å². The summed E-state index contributed by atoms with van der Waals surface area (Å²) < 4.78 is 16.1. The van der Waals surface area contributed by atoms with E-state index in [1.165, 1.54) is 6.26 Å². The largest absolute Gasteiger partial charge is 0.493 e. The van der Waals surface area contributed by atoms with Crippen LogP contribution in [0.5, 0.6) is 11.5 Å². The molecule has 3 rings (SSSR count). The summed E-state index contributed by atoms with van der Waals surface area (Å²) in [5.74, 6) is 1.19. The molecular weight excluding hydrogens is 280 g/mol. The second kappa shape index (κ2) is 5.56. The fourth-order valence-electron chi connectivity index (χ4n) is 2.44. The molecule has 0 aliphatic heterocycles. The molecule has 0 aliphatic rings. The first kappa shape index (κ1) is 14.2. The van der Waals surface area contributed by atoms with Gasteiger partial charge >= 0.3 is 0 Å². The molecule has 0 unspecified atom stereocenters. The Hall–Kier alpha value is -2.75. The van der Waals surface area contributed by atoms with Crippen molar-refractivity contribution in [3.05, 3.63) is 58.4 Å². The number of fused-ring (bicyclic) bond motifs is 1. The topological polar surface area (TPSA) is 48.7 Å². The summed E-state index contributed by atoms with van der Waals surface area (Å²) in [6, 6.07) is 10.9. The Morgan fingerprint density at radius 3 is 2.45 bits per heavy atom. The summed E-state index contributed by atoms with van der Waals surface area (Å²) >= 11 is 0. The Bertz CT molecular complexity index is 893. The Balaban J connectivity index is 2.20. The summed E-state index contributed by atoms with van der Waals surface area (Å²) in [6.07, 6.45) is 1.49. The average molecular weight is 296 g/mol. The van der Waals surface area contributed by atoms with E-state index in [0.717, 1.165) is 11.1 Å². The number of methoxy groups -OCH3 is 2. The summed E-state index contributed by atoms with van der Waals surface area (Å²) in [7, 11) is 3.14. The SMILES string of the molecule is COc1ccc(-c2coc3cc(C)ccc3c2=O)cc1OC. The van der Waals surface area contributed by atoms with Crippen LogP contribution in [0, 0.1) is 6.92 Å². The van der Waals surface area contributed by atoms with Gasteiger partial charge in [0.2, 0.25) is 0 Å². The van der Waals surface area contributed by atoms with E-state index in [1.54, 1.807) is 32.4 Å². The molecule has 0 radical (unpaired) electrons. The molecule has 3 aromatic rings. The van der Waals surface area contributed by atoms with E-state index >= 15 is 0 Å². The van der Waals surface area contributed by atoms with Crippen molar-refractivity contribution in [2.24, 2.45) is 0 Å². The van der Waals surface area contributed by atoms with Crippen molar-refractivity contribution in [2.45, 2.75) is 6.92 Å². The van der Waals surface area contributed by atoms with E-state index in [2.05, 4.69) is 0 Å². The van der Waals surface area contributed by atoms with Crippen LogP contribution in [0.2, 0.25) is 0 Å². The maximum absolute atomic E-state index is 12.7. The second-order valence-electron chi connectivity index (χ2n) is 5.05. The van der Waals surface area contributed by atoms with Gasteiger partial charge in [-0.15, -0.1) is 0 Å². The van der Waals surface area contributed by atoms with Crippen molar-refractivity contribution in [1.82, 2.24) is 0 Å². The molecule has 0 spiro atoms. The highest BCUT2D eigenvalue weighted by Gasteiger charge is 2.12. The Kier molecular flexibility index (Phi) is 3.59. The van der Waals surface area contributed by atoms with Crippen LogP contribution >= 0.6 is 0 Å². The normalized spacial score (nSPS) is 10.7. The molecule has 22 heavy (non-hydrogen) atoms. The van der Waals surface area contributed by atoms with E-state index in [4.69, 9.17) is 13.9 Å². The van der Waals surface area contributed by atoms with Crippen molar-refractivity contribution in [2.75, 3.05) is 14.2 Å². The molecule has 1 aromatic heterocycles. The van der Waals surface area contributed by atoms with Gasteiger partial charge < -0.3 is 13.9 Å². The molecular formula is C18H16O4. The summed E-state index contributed by atoms with van der Waals surface area (Å²) in [6.45, 7) is 1.96. The van der Waals surface area contributed by atoms with Crippen LogP contribution in [0.1, 0.15) is 5.56 Å². The molecule has 0 aliphatic carbocycles. The first-order valence-electron chi connectivity index (χ1n) is 6.88. The number of ether oxygens (including phenoxy) is 2. The highest BCUT2D eigenvalue weighted by Crippen LogP contribution is 2.31. The Morgan fingerprint density at radius 2 is 1.73 bits per heavy atom. The summed E-state index contributed by atoms with van der Waals surface area (Å²) in [5, 5.41) is 0.567. The maximum Gasteiger partial charge on any atom is 0.200 e. The van der Waals surface area contributed by atoms with E-state index < -0.39 is 0 Å². The van der Waals surface area contributed by atoms with Crippen LogP contribution in [0.3, 0.4) is 0 Å². The summed E-state index contributed by atoms with van der Waals surface area (Å²) in [4.78, 5) is 12.7. The van der Waals surface area contributed by atoms with E-state index in [1.807, 2.05) is 25.1 Å². The molecule has 0 fully saturated rings. The van der Waals surface area contributed by atoms with Gasteiger partial charge in [0.1, 0.15) is 11.8 Å². The molecule has 1 heterocycles. The zero-order valence-electron chi connectivity index (χ0n) is 12.7. The van der Waals surface area contributed by atoms with E-state index in [9.17, 15) is 4.79 Å². The molecule has 0 N–H and O–H groups in total. The quantitative estimate of drug-likeness (QED) is 0.738. The molecule has 4 nitrogen and oxygen atoms in total. The number of benzene rings is 2. The minimum Gasteiger partial charge on any atom is -0.493 e. The molecule has 0 saturated heterocycles. The Morgan fingerprint density at radius 1 is 0.955 bits per heavy atom. The predicted octanol–water partition coefficient (Wildman–Crippen LogP) is 3.79. The average Bonchev–Trinajstić information content (AvgIpc) is 2.54. The standard InChI is InChI=1S/C18H16O4/c1-11-4-6-13-16(8-11)22-10-14(18(13)19)12-5-7-15(20-2)17(9-12)21-3/h4-10H,1-3H3. The first-order valence-corrected chi connectivity index (χ1v) is 6.88. The smallest absolute Gasteiger partial charge is 0.200 e. The zero-order chi connectivity index (χ0) is 15.7. The molecule has 0 bridgehead atoms. The minimum atomic E-state index is -0.0616. The van der Waals surface area contributed by atoms with Crippen molar-refractivity contribution in [1.29, 1.82) is 0 Å². The number of aryl methyl sites for hydroxylation is 1. The second-order valence-corrected chi connectivity index (χ2v) is 5.05. The third-order valence-corrected chi connectivity index (χ3v) is 3.62. The first-order chi connectivity index (χ1) is 10.6. The zero-order valence-corrected chi connectivity index (χ0v) is 12.7. The predicted molar refractivity (Wildman–Crippen MR) is 85.8 cm³/mol. The van der Waals surface area contributed by atoms with Crippen LogP contribution in [0.25, 0.3) is 22.1 Å². The van der Waals surface area contributed by atoms with Gasteiger partial charge in [-0.2, -0.15) is 0 Å². The van der Waals surface area contributed by atoms with E-state index in [-0.39, 0.29) is 5.43 Å². The van der Waals surface area contributed by atoms with Crippen molar-refractivity contribution < 1.29 is 13.9 Å². The lowest BCUT2D eigenvalue weighted by Crippen LogP contribution is -2.05. The number of rotatable bonds is 3. The molecule has 0 saturated carbocycles. The van der Waals surface area contributed by atoms with Crippen molar-refractivity contribution >= 4 is 11.0 Å². The van der Waals surface area contributed by atoms with Gasteiger partial charge in [0.15, 0.2) is 16.9 Å². The van der Waals surface area contributed by atoms with Gasteiger partial charge in [-0.05, 0) is 42.3 Å². The fourth-order valence-corrected chi connectivity index (χ4v) is 2.44. The molecule has 4 heteroatoms. The minimum absolute atomic E-state index is 0.0616. The van der Waals surface area contributed by atoms with Crippen LogP contribution in [-0.4, -0.2) is 14.2 Å². The van der Waals surface area contributed by atoms with Gasteiger partial charge in [0.25, 0.3) is 0 Å². The van der Waals surface area contributed by atoms with Gasteiger partial charge in [-0.25, -0.2) is 0 Å². The molecule has 0 amide bonds. The lowest BCUT2D eigenvalue weighted by molar-refractivity contribution is 0.355. The van der Waals surface area contributed by atoms with Crippen LogP contribution < -0.4 is 14.9 Å². The molecule has 0 atom stereocenters. The Labute approximate surface area is 127 Å². The number of hydrogen-bond acceptors (Lipinski definition) is 4. The third kappa shape index (κ3) is 2.33. The molecule has 112 valence electrons. The van der Waals surface area contributed by atoms with Crippen molar-refractivity contribution in [3.8, 4) is 22.6 Å². The van der Waals surface area contributed by atoms with Crippen LogP contribution in [0.4, 0.5) is 0 Å². The lowest BCUT2D eigenvalue weighted by atomic mass is 10.0. The monoisotopic (exact) mass is 296 g/mol. The number of hydrogen-bond donors (Lipinski definition) is 0. The summed E-state index contributed by atoms with van der Waals surface area (Å²) in [5.41, 5.74) is 2.81. The highest BCUT2D eigenvalue weighted by atomic mass is 16.5. The van der Waals surface area contributed by atoms with Gasteiger partial charge in [-0.3, -0.25) is 4.79 Å². The third-order valence-electron chi connectivity index (χ3n) is 3.62. The molecule has 2 aromatic carbocycles. The highest BCUT2D eigenvalue weighted by molar-refractivity contribution is 5.82. The maximum atomic E-state index is 12.7. The van der Waals surface area contributed by atoms with Crippen molar-refractivity contribution in [3.63, 3.8) is 0 Å². The van der Waals surface area contributed by atoms with Gasteiger partial charge in [0, 0.05) is 0 Å². The lowest BCUT2D eigenvalue weighted by Gasteiger charge is -2.09. The van der Waals surface area contributed by atoms with Gasteiger partial charge in [0.05, 0.1) is 25.2 Å². The van der Waals surface area contributed by atoms with Crippen LogP contribution in [0.15, 0.2) is 51.9 Å². The van der Waals surface area contributed by atoms with E-state index in [0.29, 0.717) is 28.0 Å².